The van der Waals surface area contributed by atoms with Gasteiger partial charge in [0.25, 0.3) is 0 Å². The fourth-order valence-corrected chi connectivity index (χ4v) is 1.33. The molecule has 1 amide bonds. The highest BCUT2D eigenvalue weighted by Gasteiger charge is 2.14. The summed E-state index contributed by atoms with van der Waals surface area (Å²) in [6.45, 7) is 3.66. The van der Waals surface area contributed by atoms with E-state index in [1.54, 1.807) is 32.2 Å². The molecule has 1 N–H and O–H groups in total. The molecule has 0 aliphatic carbocycles. The van der Waals surface area contributed by atoms with Crippen LogP contribution < -0.4 is 10.1 Å². The van der Waals surface area contributed by atoms with Crippen LogP contribution in [0.25, 0.3) is 0 Å². The molecule has 1 rings (SSSR count). The second-order valence-electron chi connectivity index (χ2n) is 3.36. The molecule has 0 fully saturated rings. The van der Waals surface area contributed by atoms with Crippen LogP contribution in [0.5, 0.6) is 5.75 Å². The second-order valence-corrected chi connectivity index (χ2v) is 3.36. The van der Waals surface area contributed by atoms with Gasteiger partial charge in [0.1, 0.15) is 5.75 Å². The Bertz CT molecular complexity index is 429. The van der Waals surface area contributed by atoms with Crippen LogP contribution >= 0.6 is 0 Å². The van der Waals surface area contributed by atoms with Crippen LogP contribution in [-0.2, 0) is 14.3 Å². The van der Waals surface area contributed by atoms with Gasteiger partial charge in [-0.05, 0) is 37.6 Å². The SMILES string of the molecule is CCOC(=O)C(=O)Nc1ccc(OC)c(C)c1. The third-order valence-electron chi connectivity index (χ3n) is 2.11. The number of aryl methyl sites for hydroxylation is 1. The van der Waals surface area contributed by atoms with Crippen LogP contribution in [0.3, 0.4) is 0 Å². The highest BCUT2D eigenvalue weighted by atomic mass is 16.5. The summed E-state index contributed by atoms with van der Waals surface area (Å²) in [7, 11) is 1.57. The Balaban J connectivity index is 2.72. The minimum Gasteiger partial charge on any atom is -0.496 e. The molecule has 1 aromatic carbocycles. The fourth-order valence-electron chi connectivity index (χ4n) is 1.33. The lowest BCUT2D eigenvalue weighted by Gasteiger charge is -2.08. The third-order valence-corrected chi connectivity index (χ3v) is 2.11. The molecule has 0 atom stereocenters. The number of methoxy groups -OCH3 is 1. The van der Waals surface area contributed by atoms with Gasteiger partial charge in [0.05, 0.1) is 13.7 Å². The summed E-state index contributed by atoms with van der Waals surface area (Å²) in [4.78, 5) is 22.4. The Morgan fingerprint density at radius 3 is 2.59 bits per heavy atom. The number of hydrogen-bond acceptors (Lipinski definition) is 4. The third kappa shape index (κ3) is 3.48. The van der Waals surface area contributed by atoms with E-state index < -0.39 is 11.9 Å². The predicted molar refractivity (Wildman–Crippen MR) is 63.0 cm³/mol. The molecule has 92 valence electrons. The molecular formula is C12H15NO4. The number of amides is 1. The number of esters is 1. The molecule has 0 saturated heterocycles. The van der Waals surface area contributed by atoms with Crippen molar-refractivity contribution >= 4 is 17.6 Å². The number of nitrogens with one attached hydrogen (secondary N) is 1. The predicted octanol–water partition coefficient (Wildman–Crippen LogP) is 1.51. The largest absolute Gasteiger partial charge is 0.496 e. The first-order chi connectivity index (χ1) is 8.08. The van der Waals surface area contributed by atoms with Crippen molar-refractivity contribution in [2.24, 2.45) is 0 Å². The van der Waals surface area contributed by atoms with Crippen molar-refractivity contribution in [3.05, 3.63) is 23.8 Å². The van der Waals surface area contributed by atoms with Crippen LogP contribution in [0.4, 0.5) is 5.69 Å². The maximum Gasteiger partial charge on any atom is 0.397 e. The van der Waals surface area contributed by atoms with Gasteiger partial charge in [-0.3, -0.25) is 4.79 Å². The lowest BCUT2D eigenvalue weighted by molar-refractivity contribution is -0.152. The van der Waals surface area contributed by atoms with E-state index in [4.69, 9.17) is 4.74 Å². The van der Waals surface area contributed by atoms with E-state index in [9.17, 15) is 9.59 Å². The number of hydrogen-bond donors (Lipinski definition) is 1. The van der Waals surface area contributed by atoms with Crippen molar-refractivity contribution in [1.29, 1.82) is 0 Å². The molecule has 0 unspecified atom stereocenters. The number of carbonyl (C=O) groups excluding carboxylic acids is 2. The molecule has 5 heteroatoms. The summed E-state index contributed by atoms with van der Waals surface area (Å²) in [6.07, 6.45) is 0. The van der Waals surface area contributed by atoms with Gasteiger partial charge in [0.2, 0.25) is 0 Å². The summed E-state index contributed by atoms with van der Waals surface area (Å²) >= 11 is 0. The molecule has 0 aliphatic heterocycles. The van der Waals surface area contributed by atoms with E-state index in [0.29, 0.717) is 5.69 Å². The number of ether oxygens (including phenoxy) is 2. The monoisotopic (exact) mass is 237 g/mol. The zero-order valence-electron chi connectivity index (χ0n) is 10.1. The lowest BCUT2D eigenvalue weighted by atomic mass is 10.2. The van der Waals surface area contributed by atoms with Crippen molar-refractivity contribution in [3.8, 4) is 5.75 Å². The minimum absolute atomic E-state index is 0.174. The van der Waals surface area contributed by atoms with Crippen molar-refractivity contribution in [2.45, 2.75) is 13.8 Å². The number of rotatable bonds is 3. The van der Waals surface area contributed by atoms with Gasteiger partial charge >= 0.3 is 11.9 Å². The first-order valence-electron chi connectivity index (χ1n) is 5.21. The Kier molecular flexibility index (Phi) is 4.51. The fraction of sp³-hybridized carbons (Fsp3) is 0.333. The van der Waals surface area contributed by atoms with Gasteiger partial charge in [-0.1, -0.05) is 0 Å². The maximum atomic E-state index is 11.4. The molecule has 0 saturated carbocycles. The van der Waals surface area contributed by atoms with Crippen molar-refractivity contribution in [2.75, 3.05) is 19.0 Å². The average molecular weight is 237 g/mol. The Labute approximate surface area is 99.7 Å². The smallest absolute Gasteiger partial charge is 0.397 e. The van der Waals surface area contributed by atoms with Crippen molar-refractivity contribution in [1.82, 2.24) is 0 Å². The van der Waals surface area contributed by atoms with Crippen molar-refractivity contribution in [3.63, 3.8) is 0 Å². The van der Waals surface area contributed by atoms with E-state index in [2.05, 4.69) is 10.1 Å². The summed E-state index contributed by atoms with van der Waals surface area (Å²) in [5.41, 5.74) is 1.40. The number of benzene rings is 1. The van der Waals surface area contributed by atoms with E-state index in [1.165, 1.54) is 0 Å². The van der Waals surface area contributed by atoms with Gasteiger partial charge in [-0.15, -0.1) is 0 Å². The molecule has 0 aromatic heterocycles. The molecule has 1 aromatic rings. The zero-order chi connectivity index (χ0) is 12.8. The summed E-state index contributed by atoms with van der Waals surface area (Å²) in [6, 6.07) is 5.09. The van der Waals surface area contributed by atoms with Gasteiger partial charge in [0, 0.05) is 5.69 Å². The molecule has 5 nitrogen and oxygen atoms in total. The Morgan fingerprint density at radius 2 is 2.06 bits per heavy atom. The average Bonchev–Trinajstić information content (AvgIpc) is 2.29. The lowest BCUT2D eigenvalue weighted by Crippen LogP contribution is -2.24. The molecule has 17 heavy (non-hydrogen) atoms. The molecule has 0 radical (unpaired) electrons. The highest BCUT2D eigenvalue weighted by Crippen LogP contribution is 2.21. The summed E-state index contributed by atoms with van der Waals surface area (Å²) < 4.78 is 9.66. The summed E-state index contributed by atoms with van der Waals surface area (Å²) in [5.74, 6) is -0.948. The zero-order valence-corrected chi connectivity index (χ0v) is 10.1. The number of anilines is 1. The Morgan fingerprint density at radius 1 is 1.35 bits per heavy atom. The molecule has 0 heterocycles. The topological polar surface area (TPSA) is 64.6 Å². The van der Waals surface area contributed by atoms with Gasteiger partial charge in [-0.2, -0.15) is 0 Å². The van der Waals surface area contributed by atoms with Crippen LogP contribution in [0.15, 0.2) is 18.2 Å². The quantitative estimate of drug-likeness (QED) is 0.639. The first-order valence-corrected chi connectivity index (χ1v) is 5.21. The van der Waals surface area contributed by atoms with Crippen LogP contribution in [0, 0.1) is 6.92 Å². The number of carbonyl (C=O) groups is 2. The molecule has 0 spiro atoms. The Hall–Kier alpha value is -2.04. The van der Waals surface area contributed by atoms with Crippen LogP contribution in [0.1, 0.15) is 12.5 Å². The van der Waals surface area contributed by atoms with E-state index >= 15 is 0 Å². The van der Waals surface area contributed by atoms with E-state index in [1.807, 2.05) is 6.92 Å². The van der Waals surface area contributed by atoms with Crippen LogP contribution in [-0.4, -0.2) is 25.6 Å². The second kappa shape index (κ2) is 5.89. The van der Waals surface area contributed by atoms with E-state index in [-0.39, 0.29) is 6.61 Å². The minimum atomic E-state index is -0.888. The first kappa shape index (κ1) is 13.0. The standard InChI is InChI=1S/C12H15NO4/c1-4-17-12(15)11(14)13-9-5-6-10(16-3)8(2)7-9/h5-7H,4H2,1-3H3,(H,13,14). The molecule has 0 aliphatic rings. The van der Waals surface area contributed by atoms with Gasteiger partial charge in [0.15, 0.2) is 0 Å². The van der Waals surface area contributed by atoms with E-state index in [0.717, 1.165) is 11.3 Å². The molecule has 0 bridgehead atoms. The van der Waals surface area contributed by atoms with Gasteiger partial charge in [-0.25, -0.2) is 4.79 Å². The molecular weight excluding hydrogens is 222 g/mol. The summed E-state index contributed by atoms with van der Waals surface area (Å²) in [5, 5.41) is 2.45. The maximum absolute atomic E-state index is 11.4. The van der Waals surface area contributed by atoms with Crippen molar-refractivity contribution < 1.29 is 19.1 Å². The highest BCUT2D eigenvalue weighted by molar-refractivity contribution is 6.37. The van der Waals surface area contributed by atoms with Crippen LogP contribution in [0.2, 0.25) is 0 Å². The normalized spacial score (nSPS) is 9.59. The van der Waals surface area contributed by atoms with Gasteiger partial charge < -0.3 is 14.8 Å².